The highest BCUT2D eigenvalue weighted by Gasteiger charge is 2.55. The predicted octanol–water partition coefficient (Wildman–Crippen LogP) is 5.21. The molecule has 1 aromatic rings. The molecule has 0 saturated carbocycles. The van der Waals surface area contributed by atoms with Crippen LogP contribution < -0.4 is 10.6 Å². The Kier molecular flexibility index (Phi) is 7.26. The van der Waals surface area contributed by atoms with Gasteiger partial charge in [-0.25, -0.2) is 0 Å². The van der Waals surface area contributed by atoms with E-state index in [1.165, 1.54) is 0 Å². The molecule has 2 fully saturated rings. The first-order chi connectivity index (χ1) is 15.9. The standard InChI is InChI=1S/C29H46N2O4/c1-25(2)14-19(15-26(3,4)30-25)22(20-16-27(5,6)31-28(7,8)17-20)18-29(23(32)33,24(34)35)21-12-10-9-11-13-21/h9-13,19-20,22,30-31H,14-18H2,1-8H3,(H,32,33)(H,34,35). The number of piperidine rings is 2. The minimum atomic E-state index is -1.98. The lowest BCUT2D eigenvalue weighted by Gasteiger charge is -2.54. The molecule has 0 amide bonds. The second-order valence-electron chi connectivity index (χ2n) is 13.9. The van der Waals surface area contributed by atoms with Gasteiger partial charge >= 0.3 is 11.9 Å². The lowest BCUT2D eigenvalue weighted by atomic mass is 9.58. The molecular weight excluding hydrogens is 440 g/mol. The van der Waals surface area contributed by atoms with Crippen LogP contribution in [0.4, 0.5) is 0 Å². The summed E-state index contributed by atoms with van der Waals surface area (Å²) in [7, 11) is 0. The maximum atomic E-state index is 12.9. The zero-order valence-corrected chi connectivity index (χ0v) is 22.9. The van der Waals surface area contributed by atoms with Crippen LogP contribution in [-0.4, -0.2) is 44.3 Å². The lowest BCUT2D eigenvalue weighted by molar-refractivity contribution is -0.159. The fourth-order valence-corrected chi connectivity index (χ4v) is 7.83. The zero-order valence-electron chi connectivity index (χ0n) is 22.9. The maximum Gasteiger partial charge on any atom is 0.325 e. The molecule has 196 valence electrons. The van der Waals surface area contributed by atoms with Crippen LogP contribution in [0.25, 0.3) is 0 Å². The molecule has 0 bridgehead atoms. The number of benzene rings is 1. The first-order valence-corrected chi connectivity index (χ1v) is 13.0. The van der Waals surface area contributed by atoms with E-state index >= 15 is 0 Å². The Morgan fingerprint density at radius 2 is 1.11 bits per heavy atom. The van der Waals surface area contributed by atoms with Gasteiger partial charge in [0.1, 0.15) is 0 Å². The van der Waals surface area contributed by atoms with Gasteiger partial charge in [-0.3, -0.25) is 9.59 Å². The maximum absolute atomic E-state index is 12.9. The molecule has 2 heterocycles. The summed E-state index contributed by atoms with van der Waals surface area (Å²) in [4.78, 5) is 25.7. The topological polar surface area (TPSA) is 98.7 Å². The van der Waals surface area contributed by atoms with Crippen LogP contribution in [0.5, 0.6) is 0 Å². The average Bonchev–Trinajstić information content (AvgIpc) is 2.64. The molecule has 0 atom stereocenters. The molecule has 6 heteroatoms. The minimum Gasteiger partial charge on any atom is -0.480 e. The largest absolute Gasteiger partial charge is 0.480 e. The highest BCUT2D eigenvalue weighted by Crippen LogP contribution is 2.50. The van der Waals surface area contributed by atoms with Crippen LogP contribution in [0.2, 0.25) is 0 Å². The van der Waals surface area contributed by atoms with Crippen molar-refractivity contribution in [3.8, 4) is 0 Å². The van der Waals surface area contributed by atoms with E-state index in [1.807, 2.05) is 0 Å². The highest BCUT2D eigenvalue weighted by molar-refractivity contribution is 6.04. The second kappa shape index (κ2) is 9.19. The predicted molar refractivity (Wildman–Crippen MR) is 140 cm³/mol. The van der Waals surface area contributed by atoms with Gasteiger partial charge in [-0.15, -0.1) is 0 Å². The summed E-state index contributed by atoms with van der Waals surface area (Å²) in [5, 5.41) is 28.5. The molecule has 2 aliphatic rings. The molecule has 35 heavy (non-hydrogen) atoms. The summed E-state index contributed by atoms with van der Waals surface area (Å²) in [6, 6.07) is 8.58. The molecular formula is C29H46N2O4. The van der Waals surface area contributed by atoms with Crippen molar-refractivity contribution in [1.82, 2.24) is 10.6 Å². The Morgan fingerprint density at radius 1 is 0.771 bits per heavy atom. The molecule has 0 spiro atoms. The Morgan fingerprint density at radius 3 is 1.43 bits per heavy atom. The SMILES string of the molecule is CC1(C)CC(C(CC(C(=O)O)(C(=O)O)c2ccccc2)C2CC(C)(C)NC(C)(C)C2)CC(C)(C)N1. The molecule has 0 unspecified atom stereocenters. The van der Waals surface area contributed by atoms with E-state index in [1.54, 1.807) is 30.3 Å². The molecule has 2 saturated heterocycles. The number of aliphatic carboxylic acids is 2. The summed E-state index contributed by atoms with van der Waals surface area (Å²) in [5.74, 6) is -2.19. The van der Waals surface area contributed by atoms with Gasteiger partial charge < -0.3 is 20.8 Å². The van der Waals surface area contributed by atoms with Crippen LogP contribution >= 0.6 is 0 Å². The van der Waals surface area contributed by atoms with Crippen LogP contribution in [0.3, 0.4) is 0 Å². The third kappa shape index (κ3) is 6.08. The fraction of sp³-hybridized carbons (Fsp3) is 0.724. The van der Waals surface area contributed by atoms with Crippen molar-refractivity contribution < 1.29 is 19.8 Å². The molecule has 0 aliphatic carbocycles. The Bertz CT molecular complexity index is 851. The highest BCUT2D eigenvalue weighted by atomic mass is 16.4. The average molecular weight is 487 g/mol. The molecule has 3 rings (SSSR count). The zero-order chi connectivity index (χ0) is 26.4. The van der Waals surface area contributed by atoms with E-state index < -0.39 is 17.4 Å². The van der Waals surface area contributed by atoms with E-state index in [9.17, 15) is 19.8 Å². The lowest BCUT2D eigenvalue weighted by Crippen LogP contribution is -2.62. The third-order valence-corrected chi connectivity index (χ3v) is 8.19. The van der Waals surface area contributed by atoms with Gasteiger partial charge in [-0.2, -0.15) is 0 Å². The van der Waals surface area contributed by atoms with E-state index in [0.29, 0.717) is 5.56 Å². The molecule has 2 aliphatic heterocycles. The summed E-state index contributed by atoms with van der Waals surface area (Å²) in [6.07, 6.45) is 3.63. The third-order valence-electron chi connectivity index (χ3n) is 8.19. The van der Waals surface area contributed by atoms with E-state index in [4.69, 9.17) is 0 Å². The van der Waals surface area contributed by atoms with Crippen LogP contribution in [0.15, 0.2) is 30.3 Å². The number of hydrogen-bond acceptors (Lipinski definition) is 4. The van der Waals surface area contributed by atoms with Crippen molar-refractivity contribution in [2.24, 2.45) is 17.8 Å². The smallest absolute Gasteiger partial charge is 0.325 e. The van der Waals surface area contributed by atoms with Gasteiger partial charge in [0.15, 0.2) is 5.41 Å². The Labute approximate surface area is 211 Å². The Hall–Kier alpha value is -1.92. The first-order valence-electron chi connectivity index (χ1n) is 13.0. The van der Waals surface area contributed by atoms with Crippen molar-refractivity contribution in [1.29, 1.82) is 0 Å². The first kappa shape index (κ1) is 27.7. The molecule has 0 aromatic heterocycles. The van der Waals surface area contributed by atoms with Gasteiger partial charge in [-0.05, 0) is 111 Å². The van der Waals surface area contributed by atoms with E-state index in [0.717, 1.165) is 25.7 Å². The number of nitrogens with one attached hydrogen (secondary N) is 2. The van der Waals surface area contributed by atoms with Crippen molar-refractivity contribution in [2.45, 2.75) is 115 Å². The monoisotopic (exact) mass is 486 g/mol. The number of carboxylic acids is 2. The normalized spacial score (nSPS) is 24.3. The van der Waals surface area contributed by atoms with E-state index in [-0.39, 0.29) is 46.3 Å². The van der Waals surface area contributed by atoms with Crippen molar-refractivity contribution in [3.05, 3.63) is 35.9 Å². The minimum absolute atomic E-state index is 0.0521. The Balaban J connectivity index is 2.15. The quantitative estimate of drug-likeness (QED) is 0.395. The molecule has 4 N–H and O–H groups in total. The second-order valence-corrected chi connectivity index (χ2v) is 13.9. The number of hydrogen-bond donors (Lipinski definition) is 4. The van der Waals surface area contributed by atoms with Gasteiger partial charge in [-0.1, -0.05) is 30.3 Å². The van der Waals surface area contributed by atoms with Gasteiger partial charge in [0.2, 0.25) is 0 Å². The molecule has 1 aromatic carbocycles. The molecule has 0 radical (unpaired) electrons. The van der Waals surface area contributed by atoms with Crippen molar-refractivity contribution in [3.63, 3.8) is 0 Å². The van der Waals surface area contributed by atoms with Gasteiger partial charge in [0.05, 0.1) is 0 Å². The fourth-order valence-electron chi connectivity index (χ4n) is 7.83. The number of carboxylic acid groups (broad SMARTS) is 2. The summed E-state index contributed by atoms with van der Waals surface area (Å²) < 4.78 is 0. The van der Waals surface area contributed by atoms with Crippen molar-refractivity contribution in [2.75, 3.05) is 0 Å². The molecule has 6 nitrogen and oxygen atoms in total. The van der Waals surface area contributed by atoms with Crippen molar-refractivity contribution >= 4 is 11.9 Å². The van der Waals surface area contributed by atoms with Crippen LogP contribution in [0, 0.1) is 17.8 Å². The summed E-state index contributed by atoms with van der Waals surface area (Å²) >= 11 is 0. The van der Waals surface area contributed by atoms with Gasteiger partial charge in [0.25, 0.3) is 0 Å². The van der Waals surface area contributed by atoms with Crippen LogP contribution in [0.1, 0.15) is 93.1 Å². The van der Waals surface area contributed by atoms with E-state index in [2.05, 4.69) is 66.0 Å². The summed E-state index contributed by atoms with van der Waals surface area (Å²) in [5.41, 5.74) is -2.11. The number of rotatable bonds is 7. The summed E-state index contributed by atoms with van der Waals surface area (Å²) in [6.45, 7) is 17.6. The van der Waals surface area contributed by atoms with Crippen LogP contribution in [-0.2, 0) is 15.0 Å². The number of carbonyl (C=O) groups is 2. The van der Waals surface area contributed by atoms with Gasteiger partial charge in [0, 0.05) is 22.2 Å².